The first-order valence-electron chi connectivity index (χ1n) is 9.65. The van der Waals surface area contributed by atoms with Gasteiger partial charge in [0.2, 0.25) is 11.8 Å². The number of nitro groups is 1. The highest BCUT2D eigenvalue weighted by Crippen LogP contribution is 2.23. The summed E-state index contributed by atoms with van der Waals surface area (Å²) in [5, 5.41) is 16.9. The molecule has 8 nitrogen and oxygen atoms in total. The molecule has 0 spiro atoms. The molecule has 0 radical (unpaired) electrons. The van der Waals surface area contributed by atoms with Gasteiger partial charge in [-0.3, -0.25) is 19.7 Å². The van der Waals surface area contributed by atoms with Gasteiger partial charge in [0, 0.05) is 43.7 Å². The van der Waals surface area contributed by atoms with Crippen molar-refractivity contribution in [3.63, 3.8) is 0 Å². The summed E-state index contributed by atoms with van der Waals surface area (Å²) in [6, 6.07) is 15.7. The van der Waals surface area contributed by atoms with Crippen molar-refractivity contribution < 1.29 is 14.5 Å². The highest BCUT2D eigenvalue weighted by molar-refractivity contribution is 5.92. The average Bonchev–Trinajstić information content (AvgIpc) is 2.74. The van der Waals surface area contributed by atoms with Crippen molar-refractivity contribution in [2.24, 2.45) is 5.92 Å². The third-order valence-corrected chi connectivity index (χ3v) is 5.01. The first-order chi connectivity index (χ1) is 14.0. The summed E-state index contributed by atoms with van der Waals surface area (Å²) in [5.74, 6) is -0.135. The molecule has 152 valence electrons. The Kier molecular flexibility index (Phi) is 6.78. The number of benzene rings is 2. The van der Waals surface area contributed by atoms with Gasteiger partial charge in [-0.05, 0) is 31.0 Å². The van der Waals surface area contributed by atoms with E-state index in [-0.39, 0.29) is 29.8 Å². The average molecular weight is 396 g/mol. The smallest absolute Gasteiger partial charge is 0.292 e. The van der Waals surface area contributed by atoms with E-state index in [0.29, 0.717) is 38.2 Å². The van der Waals surface area contributed by atoms with Gasteiger partial charge in [-0.2, -0.15) is 0 Å². The molecule has 2 amide bonds. The number of hydrogen-bond donors (Lipinski definition) is 2. The van der Waals surface area contributed by atoms with E-state index in [1.165, 1.54) is 6.07 Å². The largest absolute Gasteiger partial charge is 0.379 e. The quantitative estimate of drug-likeness (QED) is 0.552. The molecular formula is C21H24N4O4. The lowest BCUT2D eigenvalue weighted by atomic mass is 9.95. The van der Waals surface area contributed by atoms with Crippen LogP contribution in [0.3, 0.4) is 0 Å². The maximum absolute atomic E-state index is 12.4. The van der Waals surface area contributed by atoms with Gasteiger partial charge in [-0.25, -0.2) is 0 Å². The number of rotatable bonds is 7. The topological polar surface area (TPSA) is 105 Å². The summed E-state index contributed by atoms with van der Waals surface area (Å²) in [5.41, 5.74) is 1.17. The van der Waals surface area contributed by atoms with Crippen molar-refractivity contribution in [2.75, 3.05) is 30.3 Å². The molecule has 29 heavy (non-hydrogen) atoms. The molecule has 3 rings (SSSR count). The van der Waals surface area contributed by atoms with Crippen LogP contribution in [0.25, 0.3) is 0 Å². The van der Waals surface area contributed by atoms with Crippen molar-refractivity contribution in [2.45, 2.75) is 19.3 Å². The fraction of sp³-hybridized carbons (Fsp3) is 0.333. The lowest BCUT2D eigenvalue weighted by molar-refractivity contribution is -0.384. The normalized spacial score (nSPS) is 14.3. The van der Waals surface area contributed by atoms with Gasteiger partial charge in [0.15, 0.2) is 0 Å². The predicted molar refractivity (Wildman–Crippen MR) is 111 cm³/mol. The third kappa shape index (κ3) is 5.54. The van der Waals surface area contributed by atoms with Crippen molar-refractivity contribution in [3.05, 3.63) is 64.7 Å². The standard InChI is InChI=1S/C21H24N4O4/c26-20(10-13-22-18-8-4-5-9-19(18)25(28)29)24-14-11-16(12-15-24)21(27)23-17-6-2-1-3-7-17/h1-9,16,22H,10-15H2,(H,23,27). The molecule has 8 heteroatoms. The molecule has 0 unspecified atom stereocenters. The molecule has 0 bridgehead atoms. The monoisotopic (exact) mass is 396 g/mol. The molecule has 0 aliphatic carbocycles. The second-order valence-electron chi connectivity index (χ2n) is 6.96. The molecule has 2 N–H and O–H groups in total. The molecule has 2 aromatic rings. The molecule has 1 fully saturated rings. The maximum Gasteiger partial charge on any atom is 0.292 e. The van der Waals surface area contributed by atoms with Gasteiger partial charge in [-0.1, -0.05) is 30.3 Å². The fourth-order valence-electron chi connectivity index (χ4n) is 3.40. The first kappa shape index (κ1) is 20.3. The van der Waals surface area contributed by atoms with Crippen LogP contribution in [-0.4, -0.2) is 41.3 Å². The Balaban J connectivity index is 1.42. The molecule has 1 saturated heterocycles. The van der Waals surface area contributed by atoms with E-state index in [0.717, 1.165) is 5.69 Å². The number of piperidine rings is 1. The van der Waals surface area contributed by atoms with Gasteiger partial charge in [0.1, 0.15) is 5.69 Å². The lowest BCUT2D eigenvalue weighted by Gasteiger charge is -2.31. The van der Waals surface area contributed by atoms with Crippen LogP contribution >= 0.6 is 0 Å². The summed E-state index contributed by atoms with van der Waals surface area (Å²) < 4.78 is 0. The second-order valence-corrected chi connectivity index (χ2v) is 6.96. The third-order valence-electron chi connectivity index (χ3n) is 5.01. The Bertz CT molecular complexity index is 864. The summed E-state index contributed by atoms with van der Waals surface area (Å²) in [4.78, 5) is 37.1. The van der Waals surface area contributed by atoms with E-state index in [2.05, 4.69) is 10.6 Å². The van der Waals surface area contributed by atoms with Crippen LogP contribution in [0.2, 0.25) is 0 Å². The van der Waals surface area contributed by atoms with E-state index in [4.69, 9.17) is 0 Å². The van der Waals surface area contributed by atoms with Crippen LogP contribution in [0.4, 0.5) is 17.1 Å². The molecular weight excluding hydrogens is 372 g/mol. The Morgan fingerprint density at radius 3 is 2.38 bits per heavy atom. The van der Waals surface area contributed by atoms with E-state index in [9.17, 15) is 19.7 Å². The number of carbonyl (C=O) groups is 2. The van der Waals surface area contributed by atoms with E-state index in [1.807, 2.05) is 30.3 Å². The van der Waals surface area contributed by atoms with Crippen molar-refractivity contribution in [1.29, 1.82) is 0 Å². The molecule has 1 aliphatic heterocycles. The zero-order chi connectivity index (χ0) is 20.6. The van der Waals surface area contributed by atoms with Crippen LogP contribution in [-0.2, 0) is 9.59 Å². The number of anilines is 2. The molecule has 2 aromatic carbocycles. The maximum atomic E-state index is 12.4. The second kappa shape index (κ2) is 9.68. The highest BCUT2D eigenvalue weighted by atomic mass is 16.6. The van der Waals surface area contributed by atoms with Gasteiger partial charge >= 0.3 is 0 Å². The first-order valence-corrected chi connectivity index (χ1v) is 9.65. The summed E-state index contributed by atoms with van der Waals surface area (Å²) in [6.07, 6.45) is 1.50. The van der Waals surface area contributed by atoms with Crippen LogP contribution in [0, 0.1) is 16.0 Å². The number of hydrogen-bond acceptors (Lipinski definition) is 5. The minimum Gasteiger partial charge on any atom is -0.379 e. The minimum atomic E-state index is -0.449. The number of carbonyl (C=O) groups excluding carboxylic acids is 2. The van der Waals surface area contributed by atoms with Gasteiger partial charge in [0.25, 0.3) is 5.69 Å². The zero-order valence-electron chi connectivity index (χ0n) is 16.0. The van der Waals surface area contributed by atoms with Crippen molar-refractivity contribution >= 4 is 28.9 Å². The van der Waals surface area contributed by atoms with Gasteiger partial charge < -0.3 is 15.5 Å². The van der Waals surface area contributed by atoms with Crippen LogP contribution < -0.4 is 10.6 Å². The SMILES string of the molecule is O=C(Nc1ccccc1)C1CCN(C(=O)CCNc2ccccc2[N+](=O)[O-])CC1. The Morgan fingerprint density at radius 1 is 1.03 bits per heavy atom. The molecule has 1 heterocycles. The number of nitrogens with one attached hydrogen (secondary N) is 2. The van der Waals surface area contributed by atoms with E-state index >= 15 is 0 Å². The molecule has 0 atom stereocenters. The molecule has 0 saturated carbocycles. The fourth-order valence-corrected chi connectivity index (χ4v) is 3.40. The summed E-state index contributed by atoms with van der Waals surface area (Å²) in [6.45, 7) is 1.40. The number of likely N-dealkylation sites (tertiary alicyclic amines) is 1. The van der Waals surface area contributed by atoms with Crippen molar-refractivity contribution in [1.82, 2.24) is 4.90 Å². The van der Waals surface area contributed by atoms with Crippen molar-refractivity contribution in [3.8, 4) is 0 Å². The van der Waals surface area contributed by atoms with Crippen LogP contribution in [0.15, 0.2) is 54.6 Å². The van der Waals surface area contributed by atoms with Gasteiger partial charge in [0.05, 0.1) is 4.92 Å². The number of para-hydroxylation sites is 3. The predicted octanol–water partition coefficient (Wildman–Crippen LogP) is 3.27. The molecule has 0 aromatic heterocycles. The molecule has 1 aliphatic rings. The van der Waals surface area contributed by atoms with Gasteiger partial charge in [-0.15, -0.1) is 0 Å². The zero-order valence-corrected chi connectivity index (χ0v) is 16.0. The highest BCUT2D eigenvalue weighted by Gasteiger charge is 2.27. The number of amides is 2. The van der Waals surface area contributed by atoms with E-state index in [1.54, 1.807) is 23.1 Å². The van der Waals surface area contributed by atoms with E-state index < -0.39 is 4.92 Å². The Morgan fingerprint density at radius 2 is 1.69 bits per heavy atom. The Hall–Kier alpha value is -3.42. The summed E-state index contributed by atoms with van der Waals surface area (Å²) >= 11 is 0. The van der Waals surface area contributed by atoms with Crippen LogP contribution in [0.1, 0.15) is 19.3 Å². The van der Waals surface area contributed by atoms with Crippen LogP contribution in [0.5, 0.6) is 0 Å². The number of nitro benzene ring substituents is 1. The lowest BCUT2D eigenvalue weighted by Crippen LogP contribution is -2.41. The Labute approximate surface area is 169 Å². The minimum absolute atomic E-state index is 0.00908. The summed E-state index contributed by atoms with van der Waals surface area (Å²) in [7, 11) is 0. The number of nitrogens with zero attached hydrogens (tertiary/aromatic N) is 2.